The molecule has 0 unspecified atom stereocenters. The molecule has 6 nitrogen and oxygen atoms in total. The third kappa shape index (κ3) is 5.34. The number of ether oxygens (including phenoxy) is 1. The number of nitrogens with zero attached hydrogens (tertiary/aromatic N) is 2. The van der Waals surface area contributed by atoms with Crippen LogP contribution in [0.15, 0.2) is 58.2 Å². The number of hydrogen-bond acceptors (Lipinski definition) is 6. The van der Waals surface area contributed by atoms with Gasteiger partial charge in [-0.05, 0) is 55.3 Å². The van der Waals surface area contributed by atoms with Gasteiger partial charge >= 0.3 is 0 Å². The molecule has 1 aromatic heterocycles. The van der Waals surface area contributed by atoms with Crippen LogP contribution in [0.4, 0.5) is 5.69 Å². The predicted octanol–water partition coefficient (Wildman–Crippen LogP) is 4.43. The van der Waals surface area contributed by atoms with Crippen molar-refractivity contribution in [3.05, 3.63) is 54.1 Å². The maximum absolute atomic E-state index is 12.1. The molecule has 1 heterocycles. The number of anilines is 1. The van der Waals surface area contributed by atoms with Crippen molar-refractivity contribution >= 4 is 23.4 Å². The van der Waals surface area contributed by atoms with Crippen LogP contribution in [-0.2, 0) is 11.2 Å². The third-order valence-electron chi connectivity index (χ3n) is 3.76. The highest BCUT2D eigenvalue weighted by molar-refractivity contribution is 7.99. The van der Waals surface area contributed by atoms with Gasteiger partial charge in [-0.2, -0.15) is 0 Å². The molecule has 0 saturated carbocycles. The molecule has 0 saturated heterocycles. The standard InChI is InChI=1S/C20H21N3O3S/c1-3-14-6-5-7-16(12-14)21-18(24)13-27-20-23-22-19(26-20)15-8-10-17(11-9-15)25-4-2/h5-12H,3-4,13H2,1-2H3,(H,21,24). The maximum atomic E-state index is 12.1. The van der Waals surface area contributed by atoms with Crippen LogP contribution in [0.3, 0.4) is 0 Å². The SMILES string of the molecule is CCOc1ccc(-c2nnc(SCC(=O)Nc3cccc(CC)c3)o2)cc1. The molecule has 0 fully saturated rings. The Kier molecular flexibility index (Phi) is 6.49. The monoisotopic (exact) mass is 383 g/mol. The van der Waals surface area contributed by atoms with E-state index in [1.54, 1.807) is 0 Å². The van der Waals surface area contributed by atoms with Gasteiger partial charge in [0.05, 0.1) is 12.4 Å². The van der Waals surface area contributed by atoms with Gasteiger partial charge in [-0.1, -0.05) is 30.8 Å². The van der Waals surface area contributed by atoms with Crippen molar-refractivity contribution in [1.29, 1.82) is 0 Å². The van der Waals surface area contributed by atoms with Gasteiger partial charge in [-0.15, -0.1) is 10.2 Å². The number of amides is 1. The van der Waals surface area contributed by atoms with Crippen molar-refractivity contribution in [2.24, 2.45) is 0 Å². The van der Waals surface area contributed by atoms with Crippen LogP contribution < -0.4 is 10.1 Å². The fourth-order valence-corrected chi connectivity index (χ4v) is 3.00. The van der Waals surface area contributed by atoms with E-state index < -0.39 is 0 Å². The molecule has 27 heavy (non-hydrogen) atoms. The molecule has 7 heteroatoms. The lowest BCUT2D eigenvalue weighted by Gasteiger charge is -2.05. The van der Waals surface area contributed by atoms with Gasteiger partial charge in [-0.25, -0.2) is 0 Å². The second-order valence-corrected chi connectivity index (χ2v) is 6.65. The highest BCUT2D eigenvalue weighted by atomic mass is 32.2. The number of thioether (sulfide) groups is 1. The van der Waals surface area contributed by atoms with Gasteiger partial charge in [-0.3, -0.25) is 4.79 Å². The first-order valence-corrected chi connectivity index (χ1v) is 9.74. The van der Waals surface area contributed by atoms with Crippen molar-refractivity contribution in [1.82, 2.24) is 10.2 Å². The third-order valence-corrected chi connectivity index (χ3v) is 4.58. The summed E-state index contributed by atoms with van der Waals surface area (Å²) in [5, 5.41) is 11.3. The summed E-state index contributed by atoms with van der Waals surface area (Å²) < 4.78 is 11.0. The first-order chi connectivity index (χ1) is 13.2. The molecular formula is C20H21N3O3S. The zero-order valence-corrected chi connectivity index (χ0v) is 16.1. The number of carbonyl (C=O) groups is 1. The lowest BCUT2D eigenvalue weighted by Crippen LogP contribution is -2.14. The van der Waals surface area contributed by atoms with E-state index >= 15 is 0 Å². The van der Waals surface area contributed by atoms with E-state index in [9.17, 15) is 4.79 Å². The van der Waals surface area contributed by atoms with Crippen molar-refractivity contribution in [3.63, 3.8) is 0 Å². The summed E-state index contributed by atoms with van der Waals surface area (Å²) in [4.78, 5) is 12.1. The van der Waals surface area contributed by atoms with Gasteiger partial charge in [0.2, 0.25) is 11.8 Å². The number of aromatic nitrogens is 2. The van der Waals surface area contributed by atoms with Crippen LogP contribution in [-0.4, -0.2) is 28.5 Å². The van der Waals surface area contributed by atoms with Crippen LogP contribution in [0.25, 0.3) is 11.5 Å². The van der Waals surface area contributed by atoms with Gasteiger partial charge in [0, 0.05) is 11.3 Å². The first kappa shape index (κ1) is 19.0. The maximum Gasteiger partial charge on any atom is 0.277 e. The van der Waals surface area contributed by atoms with E-state index in [-0.39, 0.29) is 11.7 Å². The van der Waals surface area contributed by atoms with Gasteiger partial charge in [0.25, 0.3) is 5.22 Å². The first-order valence-electron chi connectivity index (χ1n) is 8.76. The minimum Gasteiger partial charge on any atom is -0.494 e. The molecule has 1 amide bonds. The summed E-state index contributed by atoms with van der Waals surface area (Å²) in [6, 6.07) is 15.2. The molecular weight excluding hydrogens is 362 g/mol. The number of nitrogens with one attached hydrogen (secondary N) is 1. The summed E-state index contributed by atoms with van der Waals surface area (Å²) in [5.74, 6) is 1.28. The Morgan fingerprint density at radius 2 is 1.96 bits per heavy atom. The van der Waals surface area contributed by atoms with Gasteiger partial charge in [0.1, 0.15) is 5.75 Å². The van der Waals surface area contributed by atoms with Crippen LogP contribution in [0, 0.1) is 0 Å². The van der Waals surface area contributed by atoms with Gasteiger partial charge < -0.3 is 14.5 Å². The van der Waals surface area contributed by atoms with E-state index in [1.165, 1.54) is 17.3 Å². The Balaban J connectivity index is 1.55. The summed E-state index contributed by atoms with van der Waals surface area (Å²) in [5.41, 5.74) is 2.77. The molecule has 0 spiro atoms. The molecule has 0 aliphatic rings. The molecule has 3 aromatic rings. The minimum atomic E-state index is -0.117. The zero-order chi connectivity index (χ0) is 19.1. The molecule has 0 bridgehead atoms. The Morgan fingerprint density at radius 1 is 1.15 bits per heavy atom. The number of aryl methyl sites for hydroxylation is 1. The van der Waals surface area contributed by atoms with Crippen LogP contribution in [0.5, 0.6) is 5.75 Å². The quantitative estimate of drug-likeness (QED) is 0.580. The average molecular weight is 383 g/mol. The minimum absolute atomic E-state index is 0.117. The fraction of sp³-hybridized carbons (Fsp3) is 0.250. The largest absolute Gasteiger partial charge is 0.494 e. The summed E-state index contributed by atoms with van der Waals surface area (Å²) in [6.07, 6.45) is 0.925. The highest BCUT2D eigenvalue weighted by Gasteiger charge is 2.11. The normalized spacial score (nSPS) is 10.6. The van der Waals surface area contributed by atoms with E-state index in [0.717, 1.165) is 23.4 Å². The van der Waals surface area contributed by atoms with E-state index in [4.69, 9.17) is 9.15 Å². The van der Waals surface area contributed by atoms with Crippen LogP contribution >= 0.6 is 11.8 Å². The van der Waals surface area contributed by atoms with Crippen LogP contribution in [0.1, 0.15) is 19.4 Å². The molecule has 0 atom stereocenters. The van der Waals surface area contributed by atoms with Crippen molar-refractivity contribution < 1.29 is 13.9 Å². The van der Waals surface area contributed by atoms with E-state index in [0.29, 0.717) is 17.7 Å². The molecule has 3 rings (SSSR count). The molecule has 2 aromatic carbocycles. The van der Waals surface area contributed by atoms with Crippen molar-refractivity contribution in [3.8, 4) is 17.2 Å². The predicted molar refractivity (Wildman–Crippen MR) is 106 cm³/mol. The molecule has 0 aliphatic heterocycles. The zero-order valence-electron chi connectivity index (χ0n) is 15.3. The Bertz CT molecular complexity index is 893. The topological polar surface area (TPSA) is 77.2 Å². The van der Waals surface area contributed by atoms with E-state index in [1.807, 2.05) is 55.5 Å². The number of carbonyl (C=O) groups excluding carboxylic acids is 1. The molecule has 1 N–H and O–H groups in total. The molecule has 0 radical (unpaired) electrons. The Morgan fingerprint density at radius 3 is 2.70 bits per heavy atom. The molecule has 0 aliphatic carbocycles. The number of hydrogen-bond donors (Lipinski definition) is 1. The summed E-state index contributed by atoms with van der Waals surface area (Å²) in [6.45, 7) is 4.63. The summed E-state index contributed by atoms with van der Waals surface area (Å²) in [7, 11) is 0. The lowest BCUT2D eigenvalue weighted by molar-refractivity contribution is -0.113. The second kappa shape index (κ2) is 9.23. The Labute approximate surface area is 162 Å². The number of rotatable bonds is 8. The van der Waals surface area contributed by atoms with E-state index in [2.05, 4.69) is 22.4 Å². The van der Waals surface area contributed by atoms with Crippen molar-refractivity contribution in [2.45, 2.75) is 25.5 Å². The van der Waals surface area contributed by atoms with Crippen molar-refractivity contribution in [2.75, 3.05) is 17.7 Å². The Hall–Kier alpha value is -2.80. The average Bonchev–Trinajstić information content (AvgIpc) is 3.16. The summed E-state index contributed by atoms with van der Waals surface area (Å²) >= 11 is 1.21. The highest BCUT2D eigenvalue weighted by Crippen LogP contribution is 2.25. The smallest absolute Gasteiger partial charge is 0.277 e. The second-order valence-electron chi connectivity index (χ2n) is 5.72. The van der Waals surface area contributed by atoms with Crippen LogP contribution in [0.2, 0.25) is 0 Å². The number of benzene rings is 2. The fourth-order valence-electron chi connectivity index (χ4n) is 2.44. The van der Waals surface area contributed by atoms with Gasteiger partial charge in [0.15, 0.2) is 0 Å². The lowest BCUT2D eigenvalue weighted by atomic mass is 10.1. The molecule has 140 valence electrons.